The summed E-state index contributed by atoms with van der Waals surface area (Å²) in [6.45, 7) is 12.2. The van der Waals surface area contributed by atoms with Crippen LogP contribution in [0.4, 0.5) is 0 Å². The van der Waals surface area contributed by atoms with E-state index < -0.39 is 0 Å². The maximum atomic E-state index is 5.42. The van der Waals surface area contributed by atoms with Crippen LogP contribution in [0.3, 0.4) is 0 Å². The number of morpholine rings is 1. The summed E-state index contributed by atoms with van der Waals surface area (Å²) in [6, 6.07) is 0.798. The van der Waals surface area contributed by atoms with Crippen LogP contribution in [0.2, 0.25) is 0 Å². The zero-order chi connectivity index (χ0) is 13.5. The van der Waals surface area contributed by atoms with Crippen LogP contribution in [0, 0.1) is 0 Å². The van der Waals surface area contributed by atoms with Gasteiger partial charge in [-0.2, -0.15) is 0 Å². The lowest BCUT2D eigenvalue weighted by Gasteiger charge is -2.37. The van der Waals surface area contributed by atoms with Gasteiger partial charge in [-0.05, 0) is 46.2 Å². The molecule has 19 heavy (non-hydrogen) atoms. The van der Waals surface area contributed by atoms with Gasteiger partial charge in [0.15, 0.2) is 0 Å². The summed E-state index contributed by atoms with van der Waals surface area (Å²) < 4.78 is 5.42. The van der Waals surface area contributed by atoms with Crippen molar-refractivity contribution >= 4 is 0 Å². The number of hydrogen-bond acceptors (Lipinski definition) is 3. The number of nitrogens with zero attached hydrogens (tertiary/aromatic N) is 2. The molecule has 0 saturated carbocycles. The van der Waals surface area contributed by atoms with E-state index >= 15 is 0 Å². The van der Waals surface area contributed by atoms with Crippen LogP contribution in [0.25, 0.3) is 0 Å². The Morgan fingerprint density at radius 1 is 1.21 bits per heavy atom. The van der Waals surface area contributed by atoms with E-state index in [0.717, 1.165) is 32.3 Å². The molecule has 1 atom stereocenters. The second-order valence-corrected chi connectivity index (χ2v) is 6.00. The quantitative estimate of drug-likeness (QED) is 0.711. The molecule has 0 aliphatic carbocycles. The molecule has 3 nitrogen and oxygen atoms in total. The van der Waals surface area contributed by atoms with Crippen LogP contribution in [-0.2, 0) is 4.74 Å². The van der Waals surface area contributed by atoms with Crippen LogP contribution >= 0.6 is 0 Å². The molecule has 0 amide bonds. The van der Waals surface area contributed by atoms with Gasteiger partial charge in [0.05, 0.1) is 13.2 Å². The van der Waals surface area contributed by atoms with E-state index in [1.807, 2.05) is 0 Å². The molecule has 2 rings (SSSR count). The Balaban J connectivity index is 1.78. The minimum atomic E-state index is 0.798. The molecule has 0 aromatic carbocycles. The van der Waals surface area contributed by atoms with Crippen molar-refractivity contribution in [3.8, 4) is 0 Å². The summed E-state index contributed by atoms with van der Waals surface area (Å²) in [5.74, 6) is 0. The molecule has 110 valence electrons. The first kappa shape index (κ1) is 15.0. The van der Waals surface area contributed by atoms with Gasteiger partial charge in [0.25, 0.3) is 0 Å². The zero-order valence-electron chi connectivity index (χ0n) is 12.7. The maximum Gasteiger partial charge on any atom is 0.0594 e. The predicted octanol–water partition coefficient (Wildman–Crippen LogP) is 2.53. The van der Waals surface area contributed by atoms with Gasteiger partial charge < -0.3 is 4.74 Å². The van der Waals surface area contributed by atoms with Crippen LogP contribution in [0.1, 0.15) is 39.5 Å². The highest BCUT2D eigenvalue weighted by Crippen LogP contribution is 2.21. The highest BCUT2D eigenvalue weighted by atomic mass is 16.5. The molecule has 2 heterocycles. The van der Waals surface area contributed by atoms with Crippen LogP contribution in [0.15, 0.2) is 11.6 Å². The van der Waals surface area contributed by atoms with E-state index in [1.54, 1.807) is 0 Å². The molecular weight excluding hydrogens is 236 g/mol. The molecule has 2 aliphatic rings. The molecule has 0 radical (unpaired) electrons. The fourth-order valence-electron chi connectivity index (χ4n) is 3.16. The molecule has 2 saturated heterocycles. The van der Waals surface area contributed by atoms with E-state index in [1.165, 1.54) is 50.9 Å². The van der Waals surface area contributed by atoms with Crippen molar-refractivity contribution in [3.63, 3.8) is 0 Å². The first-order valence-corrected chi connectivity index (χ1v) is 7.95. The maximum absolute atomic E-state index is 5.42. The zero-order valence-corrected chi connectivity index (χ0v) is 12.7. The third-order valence-corrected chi connectivity index (χ3v) is 4.58. The fourth-order valence-corrected chi connectivity index (χ4v) is 3.16. The fraction of sp³-hybridized carbons (Fsp3) is 0.875. The summed E-state index contributed by atoms with van der Waals surface area (Å²) in [7, 11) is 0. The van der Waals surface area contributed by atoms with Crippen molar-refractivity contribution < 1.29 is 4.74 Å². The summed E-state index contributed by atoms with van der Waals surface area (Å²) in [5.41, 5.74) is 1.51. The van der Waals surface area contributed by atoms with Gasteiger partial charge in [0.1, 0.15) is 0 Å². The largest absolute Gasteiger partial charge is 0.379 e. The SMILES string of the molecule is C/C=C(\C)CN1CCCC[C@H]1CCN1CCOCC1. The molecule has 0 unspecified atom stereocenters. The Morgan fingerprint density at radius 2 is 2.00 bits per heavy atom. The number of likely N-dealkylation sites (tertiary alicyclic amines) is 1. The number of piperidine rings is 1. The smallest absolute Gasteiger partial charge is 0.0594 e. The van der Waals surface area contributed by atoms with E-state index in [2.05, 4.69) is 29.7 Å². The Hall–Kier alpha value is -0.380. The highest BCUT2D eigenvalue weighted by molar-refractivity contribution is 5.00. The number of hydrogen-bond donors (Lipinski definition) is 0. The average molecular weight is 266 g/mol. The predicted molar refractivity (Wildman–Crippen MR) is 80.5 cm³/mol. The van der Waals surface area contributed by atoms with Gasteiger partial charge >= 0.3 is 0 Å². The van der Waals surface area contributed by atoms with Gasteiger partial charge in [-0.25, -0.2) is 0 Å². The summed E-state index contributed by atoms with van der Waals surface area (Å²) in [4.78, 5) is 5.28. The molecule has 2 fully saturated rings. The van der Waals surface area contributed by atoms with Crippen molar-refractivity contribution in [2.75, 3.05) is 45.9 Å². The first-order chi connectivity index (χ1) is 9.29. The minimum Gasteiger partial charge on any atom is -0.379 e. The van der Waals surface area contributed by atoms with Crippen LogP contribution in [0.5, 0.6) is 0 Å². The molecule has 2 aliphatic heterocycles. The van der Waals surface area contributed by atoms with E-state index in [-0.39, 0.29) is 0 Å². The summed E-state index contributed by atoms with van der Waals surface area (Å²) in [6.07, 6.45) is 7.77. The average Bonchev–Trinajstić information content (AvgIpc) is 2.47. The van der Waals surface area contributed by atoms with Crippen LogP contribution < -0.4 is 0 Å². The van der Waals surface area contributed by atoms with E-state index in [9.17, 15) is 0 Å². The molecular formula is C16H30N2O. The van der Waals surface area contributed by atoms with Gasteiger partial charge in [-0.15, -0.1) is 0 Å². The monoisotopic (exact) mass is 266 g/mol. The Labute approximate surface area is 118 Å². The topological polar surface area (TPSA) is 15.7 Å². The Kier molecular flexibility index (Phi) is 6.35. The normalized spacial score (nSPS) is 27.7. The lowest BCUT2D eigenvalue weighted by Crippen LogP contribution is -2.44. The van der Waals surface area contributed by atoms with E-state index in [0.29, 0.717) is 0 Å². The third kappa shape index (κ3) is 4.90. The molecule has 0 N–H and O–H groups in total. The number of allylic oxidation sites excluding steroid dienone is 1. The van der Waals surface area contributed by atoms with Crippen molar-refractivity contribution in [2.45, 2.75) is 45.6 Å². The second kappa shape index (κ2) is 8.03. The van der Waals surface area contributed by atoms with Crippen molar-refractivity contribution in [3.05, 3.63) is 11.6 Å². The van der Waals surface area contributed by atoms with Crippen molar-refractivity contribution in [1.29, 1.82) is 0 Å². The molecule has 0 aromatic heterocycles. The third-order valence-electron chi connectivity index (χ3n) is 4.58. The number of rotatable bonds is 5. The van der Waals surface area contributed by atoms with Gasteiger partial charge in [-0.3, -0.25) is 9.80 Å². The summed E-state index contributed by atoms with van der Waals surface area (Å²) in [5, 5.41) is 0. The second-order valence-electron chi connectivity index (χ2n) is 6.00. The molecule has 0 spiro atoms. The lowest BCUT2D eigenvalue weighted by molar-refractivity contribution is 0.0313. The Bertz CT molecular complexity index is 284. The first-order valence-electron chi connectivity index (χ1n) is 7.95. The Morgan fingerprint density at radius 3 is 2.74 bits per heavy atom. The highest BCUT2D eigenvalue weighted by Gasteiger charge is 2.23. The molecule has 3 heteroatoms. The van der Waals surface area contributed by atoms with Crippen molar-refractivity contribution in [1.82, 2.24) is 9.80 Å². The van der Waals surface area contributed by atoms with Crippen LogP contribution in [-0.4, -0.2) is 61.8 Å². The number of ether oxygens (including phenoxy) is 1. The lowest BCUT2D eigenvalue weighted by atomic mass is 9.98. The minimum absolute atomic E-state index is 0.798. The van der Waals surface area contributed by atoms with Gasteiger partial charge in [0.2, 0.25) is 0 Å². The molecule has 0 bridgehead atoms. The summed E-state index contributed by atoms with van der Waals surface area (Å²) >= 11 is 0. The van der Waals surface area contributed by atoms with Gasteiger partial charge in [-0.1, -0.05) is 18.1 Å². The standard InChI is InChI=1S/C16H30N2O/c1-3-15(2)14-18-8-5-4-6-16(18)7-9-17-10-12-19-13-11-17/h3,16H,4-14H2,1-2H3/b15-3+/t16-/m0/s1. The van der Waals surface area contributed by atoms with E-state index in [4.69, 9.17) is 4.74 Å². The molecule has 0 aromatic rings. The van der Waals surface area contributed by atoms with Crippen molar-refractivity contribution in [2.24, 2.45) is 0 Å². The van der Waals surface area contributed by atoms with Gasteiger partial charge in [0, 0.05) is 25.7 Å².